The number of pyridine rings is 1. The average molecular weight is 253 g/mol. The van der Waals surface area contributed by atoms with Crippen LogP contribution in [0.2, 0.25) is 10.2 Å². The van der Waals surface area contributed by atoms with Gasteiger partial charge in [0.25, 0.3) is 0 Å². The van der Waals surface area contributed by atoms with Crippen molar-refractivity contribution in [1.82, 2.24) is 4.98 Å². The van der Waals surface area contributed by atoms with Gasteiger partial charge in [0.05, 0.1) is 0 Å². The molecule has 0 radical (unpaired) electrons. The Labute approximate surface area is 104 Å². The second-order valence-corrected chi connectivity index (χ2v) is 4.18. The molecule has 0 unspecified atom stereocenters. The summed E-state index contributed by atoms with van der Waals surface area (Å²) in [4.78, 5) is 4.15. The van der Waals surface area contributed by atoms with Crippen LogP contribution in [-0.4, -0.2) is 4.98 Å². The number of hydrogen-bond acceptors (Lipinski definition) is 2. The SMILES string of the molecule is Cc1c(Cl)cccc1Nc1cccc(Cl)n1. The van der Waals surface area contributed by atoms with Crippen LogP contribution in [0, 0.1) is 6.92 Å². The highest BCUT2D eigenvalue weighted by molar-refractivity contribution is 6.31. The summed E-state index contributed by atoms with van der Waals surface area (Å²) < 4.78 is 0. The van der Waals surface area contributed by atoms with Gasteiger partial charge in [-0.15, -0.1) is 0 Å². The number of benzene rings is 1. The number of halogens is 2. The molecule has 2 aromatic rings. The van der Waals surface area contributed by atoms with Gasteiger partial charge in [0, 0.05) is 10.7 Å². The number of aromatic nitrogens is 1. The van der Waals surface area contributed by atoms with E-state index in [1.54, 1.807) is 6.07 Å². The Kier molecular flexibility index (Phi) is 3.32. The van der Waals surface area contributed by atoms with Gasteiger partial charge in [0.1, 0.15) is 11.0 Å². The highest BCUT2D eigenvalue weighted by Gasteiger charge is 2.02. The minimum atomic E-state index is 0.463. The maximum Gasteiger partial charge on any atom is 0.132 e. The molecule has 0 aliphatic carbocycles. The van der Waals surface area contributed by atoms with Crippen LogP contribution in [0.5, 0.6) is 0 Å². The molecule has 0 amide bonds. The molecule has 0 atom stereocenters. The molecule has 0 spiro atoms. The molecule has 4 heteroatoms. The first-order valence-corrected chi connectivity index (χ1v) is 5.57. The van der Waals surface area contributed by atoms with Crippen LogP contribution in [0.3, 0.4) is 0 Å². The zero-order chi connectivity index (χ0) is 11.5. The van der Waals surface area contributed by atoms with Crippen LogP contribution in [0.25, 0.3) is 0 Å². The van der Waals surface area contributed by atoms with Crippen LogP contribution in [0.1, 0.15) is 5.56 Å². The van der Waals surface area contributed by atoms with E-state index in [0.717, 1.165) is 16.3 Å². The van der Waals surface area contributed by atoms with Crippen LogP contribution in [0.15, 0.2) is 36.4 Å². The van der Waals surface area contributed by atoms with Crippen LogP contribution < -0.4 is 5.32 Å². The zero-order valence-electron chi connectivity index (χ0n) is 8.67. The first kappa shape index (κ1) is 11.2. The summed E-state index contributed by atoms with van der Waals surface area (Å²) >= 11 is 11.8. The molecule has 1 N–H and O–H groups in total. The predicted molar refractivity (Wildman–Crippen MR) is 68.7 cm³/mol. The summed E-state index contributed by atoms with van der Waals surface area (Å²) in [6.45, 7) is 1.95. The Hall–Kier alpha value is -1.25. The van der Waals surface area contributed by atoms with Crippen molar-refractivity contribution in [3.63, 3.8) is 0 Å². The lowest BCUT2D eigenvalue weighted by molar-refractivity contribution is 1.30. The van der Waals surface area contributed by atoms with E-state index >= 15 is 0 Å². The molecule has 16 heavy (non-hydrogen) atoms. The summed E-state index contributed by atoms with van der Waals surface area (Å²) in [6, 6.07) is 11.1. The first-order chi connectivity index (χ1) is 7.66. The molecule has 82 valence electrons. The van der Waals surface area contributed by atoms with Gasteiger partial charge in [-0.25, -0.2) is 4.98 Å². The topological polar surface area (TPSA) is 24.9 Å². The molecule has 0 fully saturated rings. The average Bonchev–Trinajstić information content (AvgIpc) is 2.25. The summed E-state index contributed by atoms with van der Waals surface area (Å²) in [7, 11) is 0. The maximum absolute atomic E-state index is 6.02. The molecule has 0 bridgehead atoms. The zero-order valence-corrected chi connectivity index (χ0v) is 10.2. The lowest BCUT2D eigenvalue weighted by Crippen LogP contribution is -1.95. The Morgan fingerprint density at radius 2 is 1.81 bits per heavy atom. The number of hydrogen-bond donors (Lipinski definition) is 1. The standard InChI is InChI=1S/C12H10Cl2N2/c1-8-9(13)4-2-5-10(8)15-12-7-3-6-11(14)16-12/h2-7H,1H3,(H,15,16). The van der Waals surface area contributed by atoms with Crippen molar-refractivity contribution in [2.75, 3.05) is 5.32 Å². The number of rotatable bonds is 2. The van der Waals surface area contributed by atoms with Crippen molar-refractivity contribution >= 4 is 34.7 Å². The molecule has 0 aliphatic heterocycles. The van der Waals surface area contributed by atoms with Gasteiger partial charge < -0.3 is 5.32 Å². The van der Waals surface area contributed by atoms with E-state index in [-0.39, 0.29) is 0 Å². The molecule has 0 aliphatic rings. The molecule has 1 heterocycles. The first-order valence-electron chi connectivity index (χ1n) is 4.81. The van der Waals surface area contributed by atoms with E-state index in [0.29, 0.717) is 11.0 Å². The Morgan fingerprint density at radius 3 is 2.56 bits per heavy atom. The molecule has 1 aromatic carbocycles. The minimum Gasteiger partial charge on any atom is -0.340 e. The predicted octanol–water partition coefficient (Wildman–Crippen LogP) is 4.44. The van der Waals surface area contributed by atoms with E-state index in [1.807, 2.05) is 37.3 Å². The second-order valence-electron chi connectivity index (χ2n) is 3.38. The lowest BCUT2D eigenvalue weighted by atomic mass is 10.2. The number of nitrogens with zero attached hydrogens (tertiary/aromatic N) is 1. The largest absolute Gasteiger partial charge is 0.340 e. The molecule has 1 aromatic heterocycles. The van der Waals surface area contributed by atoms with Crippen molar-refractivity contribution in [3.05, 3.63) is 52.1 Å². The molecular formula is C12H10Cl2N2. The third-order valence-corrected chi connectivity index (χ3v) is 2.87. The smallest absolute Gasteiger partial charge is 0.132 e. The summed E-state index contributed by atoms with van der Waals surface area (Å²) in [6.07, 6.45) is 0. The third-order valence-electron chi connectivity index (χ3n) is 2.25. The number of nitrogens with one attached hydrogen (secondary N) is 1. The third kappa shape index (κ3) is 2.46. The normalized spacial score (nSPS) is 10.2. The van der Waals surface area contributed by atoms with Crippen LogP contribution in [-0.2, 0) is 0 Å². The summed E-state index contributed by atoms with van der Waals surface area (Å²) in [5, 5.41) is 4.37. The van der Waals surface area contributed by atoms with Crippen molar-refractivity contribution < 1.29 is 0 Å². The quantitative estimate of drug-likeness (QED) is 0.800. The Balaban J connectivity index is 2.31. The van der Waals surface area contributed by atoms with Gasteiger partial charge in [-0.3, -0.25) is 0 Å². The second kappa shape index (κ2) is 4.73. The fourth-order valence-electron chi connectivity index (χ4n) is 1.36. The number of anilines is 2. The van der Waals surface area contributed by atoms with Gasteiger partial charge in [-0.2, -0.15) is 0 Å². The molecule has 2 rings (SSSR count). The van der Waals surface area contributed by atoms with E-state index in [9.17, 15) is 0 Å². The monoisotopic (exact) mass is 252 g/mol. The van der Waals surface area contributed by atoms with E-state index < -0.39 is 0 Å². The summed E-state index contributed by atoms with van der Waals surface area (Å²) in [5.41, 5.74) is 1.92. The fraction of sp³-hybridized carbons (Fsp3) is 0.0833. The lowest BCUT2D eigenvalue weighted by Gasteiger charge is -2.09. The van der Waals surface area contributed by atoms with E-state index in [1.165, 1.54) is 0 Å². The fourth-order valence-corrected chi connectivity index (χ4v) is 1.70. The van der Waals surface area contributed by atoms with Crippen LogP contribution >= 0.6 is 23.2 Å². The van der Waals surface area contributed by atoms with E-state index in [4.69, 9.17) is 23.2 Å². The summed E-state index contributed by atoms with van der Waals surface area (Å²) in [5.74, 6) is 0.706. The van der Waals surface area contributed by atoms with Gasteiger partial charge in [0.2, 0.25) is 0 Å². The van der Waals surface area contributed by atoms with Gasteiger partial charge >= 0.3 is 0 Å². The molecule has 0 saturated carbocycles. The Bertz CT molecular complexity index is 512. The molecule has 2 nitrogen and oxygen atoms in total. The van der Waals surface area contributed by atoms with Gasteiger partial charge in [-0.05, 0) is 36.8 Å². The molecular weight excluding hydrogens is 243 g/mol. The van der Waals surface area contributed by atoms with Gasteiger partial charge in [0.15, 0.2) is 0 Å². The van der Waals surface area contributed by atoms with Crippen molar-refractivity contribution in [1.29, 1.82) is 0 Å². The van der Waals surface area contributed by atoms with Crippen molar-refractivity contribution in [2.24, 2.45) is 0 Å². The molecule has 0 saturated heterocycles. The van der Waals surface area contributed by atoms with Crippen molar-refractivity contribution in [2.45, 2.75) is 6.92 Å². The highest BCUT2D eigenvalue weighted by Crippen LogP contribution is 2.25. The maximum atomic E-state index is 6.02. The van der Waals surface area contributed by atoms with E-state index in [2.05, 4.69) is 10.3 Å². The van der Waals surface area contributed by atoms with Gasteiger partial charge in [-0.1, -0.05) is 35.3 Å². The Morgan fingerprint density at radius 1 is 1.06 bits per heavy atom. The minimum absolute atomic E-state index is 0.463. The van der Waals surface area contributed by atoms with Crippen LogP contribution in [0.4, 0.5) is 11.5 Å². The van der Waals surface area contributed by atoms with Crippen molar-refractivity contribution in [3.8, 4) is 0 Å². The highest BCUT2D eigenvalue weighted by atomic mass is 35.5.